The molecule has 1 N–H and O–H groups in total. The number of guanidine groups is 1. The first-order valence-corrected chi connectivity index (χ1v) is 11.7. The number of carbonyl (C=O) groups is 1. The van der Waals surface area contributed by atoms with Gasteiger partial charge in [0.25, 0.3) is 0 Å². The second kappa shape index (κ2) is 12.0. The Kier molecular flexibility index (Phi) is 10.0. The van der Waals surface area contributed by atoms with E-state index in [1.54, 1.807) is 0 Å². The minimum absolute atomic E-state index is 0. The van der Waals surface area contributed by atoms with Crippen molar-refractivity contribution in [2.24, 2.45) is 10.9 Å². The van der Waals surface area contributed by atoms with E-state index in [1.807, 2.05) is 32.6 Å². The highest BCUT2D eigenvalue weighted by atomic mass is 127. The average Bonchev–Trinajstić information content (AvgIpc) is 3.33. The van der Waals surface area contributed by atoms with Crippen LogP contribution in [0.4, 0.5) is 4.79 Å². The Morgan fingerprint density at radius 2 is 1.94 bits per heavy atom. The fourth-order valence-corrected chi connectivity index (χ4v) is 4.20. The Hall–Kier alpha value is -1.59. The molecule has 2 aliphatic rings. The molecule has 1 fully saturated rings. The zero-order chi connectivity index (χ0) is 22.4. The molecule has 0 radical (unpaired) electrons. The number of nitrogens with zero attached hydrogens (tertiary/aromatic N) is 6. The molecule has 0 unspecified atom stereocenters. The number of rotatable bonds is 6. The Bertz CT molecular complexity index is 767. The highest BCUT2D eigenvalue weighted by Crippen LogP contribution is 2.20. The third-order valence-electron chi connectivity index (χ3n) is 5.82. The highest BCUT2D eigenvalue weighted by Gasteiger charge is 2.27. The smallest absolute Gasteiger partial charge is 0.410 e. The predicted molar refractivity (Wildman–Crippen MR) is 136 cm³/mol. The van der Waals surface area contributed by atoms with Crippen molar-refractivity contribution in [3.8, 4) is 0 Å². The van der Waals surface area contributed by atoms with E-state index >= 15 is 0 Å². The van der Waals surface area contributed by atoms with Crippen LogP contribution in [0.1, 0.15) is 65.5 Å². The van der Waals surface area contributed by atoms with Gasteiger partial charge in [0, 0.05) is 45.7 Å². The van der Waals surface area contributed by atoms with Crippen LogP contribution in [0.15, 0.2) is 4.99 Å². The number of carbonyl (C=O) groups excluding carboxylic acids is 1. The van der Waals surface area contributed by atoms with Gasteiger partial charge in [0.2, 0.25) is 0 Å². The number of amides is 1. The van der Waals surface area contributed by atoms with Crippen molar-refractivity contribution in [3.05, 3.63) is 11.6 Å². The average molecular weight is 562 g/mol. The number of halogens is 1. The number of hydrogen-bond donors (Lipinski definition) is 1. The monoisotopic (exact) mass is 561 g/mol. The van der Waals surface area contributed by atoms with Gasteiger partial charge in [0.1, 0.15) is 18.0 Å². The molecule has 0 aliphatic carbocycles. The van der Waals surface area contributed by atoms with E-state index in [2.05, 4.69) is 31.9 Å². The maximum Gasteiger partial charge on any atom is 0.410 e. The molecule has 182 valence electrons. The molecule has 0 bridgehead atoms. The maximum atomic E-state index is 12.5. The molecule has 10 heteroatoms. The lowest BCUT2D eigenvalue weighted by atomic mass is 9.96. The Morgan fingerprint density at radius 1 is 1.22 bits per heavy atom. The normalized spacial score (nSPS) is 17.0. The highest BCUT2D eigenvalue weighted by molar-refractivity contribution is 14.0. The molecule has 32 heavy (non-hydrogen) atoms. The molecule has 1 amide bonds. The number of aliphatic imine (C=N–C) groups is 1. The summed E-state index contributed by atoms with van der Waals surface area (Å²) in [4.78, 5) is 21.5. The van der Waals surface area contributed by atoms with Gasteiger partial charge < -0.3 is 24.4 Å². The number of aryl methyl sites for hydroxylation is 1. The molecule has 0 spiro atoms. The summed E-state index contributed by atoms with van der Waals surface area (Å²) >= 11 is 0. The van der Waals surface area contributed by atoms with Crippen molar-refractivity contribution in [3.63, 3.8) is 0 Å². The van der Waals surface area contributed by atoms with Crippen molar-refractivity contribution in [2.75, 3.05) is 32.7 Å². The van der Waals surface area contributed by atoms with Crippen LogP contribution < -0.4 is 5.32 Å². The summed E-state index contributed by atoms with van der Waals surface area (Å²) in [6, 6.07) is 0. The van der Waals surface area contributed by atoms with Gasteiger partial charge in [-0.05, 0) is 59.8 Å². The minimum atomic E-state index is -0.463. The predicted octanol–water partition coefficient (Wildman–Crippen LogP) is 3.28. The van der Waals surface area contributed by atoms with E-state index in [9.17, 15) is 4.79 Å². The van der Waals surface area contributed by atoms with Crippen LogP contribution in [0.3, 0.4) is 0 Å². The fourth-order valence-electron chi connectivity index (χ4n) is 4.20. The Balaban J connectivity index is 0.00000363. The van der Waals surface area contributed by atoms with Crippen molar-refractivity contribution in [2.45, 2.75) is 79.0 Å². The SMILES string of the molecule is CCNC(=NCc1nnc2n1CCC2)N1CCC(CN(CC)C(=O)OC(C)(C)C)CC1.I. The van der Waals surface area contributed by atoms with Crippen molar-refractivity contribution < 1.29 is 9.53 Å². The number of fused-ring (bicyclic) bond motifs is 1. The maximum absolute atomic E-state index is 12.5. The lowest BCUT2D eigenvalue weighted by Gasteiger charge is -2.36. The van der Waals surface area contributed by atoms with Gasteiger partial charge in [0.05, 0.1) is 0 Å². The van der Waals surface area contributed by atoms with E-state index in [-0.39, 0.29) is 30.1 Å². The van der Waals surface area contributed by atoms with Crippen LogP contribution in [0.5, 0.6) is 0 Å². The van der Waals surface area contributed by atoms with Gasteiger partial charge in [-0.15, -0.1) is 34.2 Å². The number of likely N-dealkylation sites (tertiary alicyclic amines) is 1. The fraction of sp³-hybridized carbons (Fsp3) is 0.818. The van der Waals surface area contributed by atoms with Gasteiger partial charge in [0.15, 0.2) is 11.8 Å². The second-order valence-electron chi connectivity index (χ2n) is 9.41. The summed E-state index contributed by atoms with van der Waals surface area (Å²) in [6.07, 6.45) is 4.01. The summed E-state index contributed by atoms with van der Waals surface area (Å²) in [5.41, 5.74) is -0.463. The number of piperidine rings is 1. The van der Waals surface area contributed by atoms with Gasteiger partial charge >= 0.3 is 6.09 Å². The lowest BCUT2D eigenvalue weighted by molar-refractivity contribution is 0.0214. The van der Waals surface area contributed by atoms with E-state index < -0.39 is 5.60 Å². The number of hydrogen-bond acceptors (Lipinski definition) is 5. The Labute approximate surface area is 209 Å². The molecule has 0 saturated carbocycles. The molecule has 3 rings (SSSR count). The third-order valence-corrected chi connectivity index (χ3v) is 5.82. The van der Waals surface area contributed by atoms with Gasteiger partial charge in [-0.25, -0.2) is 9.79 Å². The van der Waals surface area contributed by atoms with E-state index in [1.165, 1.54) is 0 Å². The molecular weight excluding hydrogens is 521 g/mol. The molecular formula is C22H40IN7O2. The van der Waals surface area contributed by atoms with Crippen molar-refractivity contribution in [1.82, 2.24) is 29.9 Å². The number of nitrogens with one attached hydrogen (secondary N) is 1. The topological polar surface area (TPSA) is 87.9 Å². The summed E-state index contributed by atoms with van der Waals surface area (Å²) in [7, 11) is 0. The quantitative estimate of drug-likeness (QED) is 0.326. The molecule has 3 heterocycles. The summed E-state index contributed by atoms with van der Waals surface area (Å²) in [6.45, 7) is 15.5. The molecule has 1 saturated heterocycles. The molecule has 1 aromatic rings. The van der Waals surface area contributed by atoms with Crippen LogP contribution in [-0.4, -0.2) is 74.9 Å². The van der Waals surface area contributed by atoms with E-state index in [0.717, 1.165) is 76.0 Å². The molecule has 0 atom stereocenters. The summed E-state index contributed by atoms with van der Waals surface area (Å²) < 4.78 is 7.76. The zero-order valence-corrected chi connectivity index (χ0v) is 22.6. The third kappa shape index (κ3) is 7.21. The van der Waals surface area contributed by atoms with Crippen LogP contribution in [0.2, 0.25) is 0 Å². The standard InChI is InChI=1S/C22H39N7O2.HI/c1-6-23-20(24-15-19-26-25-18-9-8-12-29(18)19)28-13-10-17(11-14-28)16-27(7-2)21(30)31-22(3,4)5;/h17H,6-16H2,1-5H3,(H,23,24);1H. The van der Waals surface area contributed by atoms with E-state index in [4.69, 9.17) is 9.73 Å². The lowest BCUT2D eigenvalue weighted by Crippen LogP contribution is -2.47. The first-order valence-electron chi connectivity index (χ1n) is 11.7. The number of aromatic nitrogens is 3. The molecule has 2 aliphatic heterocycles. The Morgan fingerprint density at radius 3 is 2.56 bits per heavy atom. The summed E-state index contributed by atoms with van der Waals surface area (Å²) in [5.74, 6) is 3.46. The first kappa shape index (κ1) is 26.7. The van der Waals surface area contributed by atoms with Crippen LogP contribution in [0.25, 0.3) is 0 Å². The molecule has 9 nitrogen and oxygen atoms in total. The van der Waals surface area contributed by atoms with Crippen LogP contribution >= 0.6 is 24.0 Å². The molecule has 1 aromatic heterocycles. The van der Waals surface area contributed by atoms with Gasteiger partial charge in [-0.3, -0.25) is 0 Å². The van der Waals surface area contributed by atoms with Crippen molar-refractivity contribution >= 4 is 36.0 Å². The van der Waals surface area contributed by atoms with Gasteiger partial charge in [-0.1, -0.05) is 0 Å². The number of ether oxygens (including phenoxy) is 1. The largest absolute Gasteiger partial charge is 0.444 e. The zero-order valence-electron chi connectivity index (χ0n) is 20.3. The van der Waals surface area contributed by atoms with Crippen LogP contribution in [0, 0.1) is 5.92 Å². The first-order chi connectivity index (χ1) is 14.8. The minimum Gasteiger partial charge on any atom is -0.444 e. The van der Waals surface area contributed by atoms with E-state index in [0.29, 0.717) is 19.0 Å². The summed E-state index contributed by atoms with van der Waals surface area (Å²) in [5, 5.41) is 12.0. The second-order valence-corrected chi connectivity index (χ2v) is 9.41. The molecule has 0 aromatic carbocycles. The van der Waals surface area contributed by atoms with Crippen molar-refractivity contribution in [1.29, 1.82) is 0 Å². The van der Waals surface area contributed by atoms with Crippen LogP contribution in [-0.2, 0) is 24.2 Å². The van der Waals surface area contributed by atoms with Gasteiger partial charge in [-0.2, -0.15) is 0 Å².